The number of aliphatic carboxylic acids is 1. The van der Waals surface area contributed by atoms with Gasteiger partial charge in [0, 0.05) is 11.8 Å². The lowest BCUT2D eigenvalue weighted by atomic mass is 10.2. The van der Waals surface area contributed by atoms with Gasteiger partial charge in [-0.25, -0.2) is 4.79 Å². The van der Waals surface area contributed by atoms with Gasteiger partial charge in [0.2, 0.25) is 5.91 Å². The lowest BCUT2D eigenvalue weighted by Crippen LogP contribution is -2.32. The SMILES string of the molecule is C[C@@H](N)C(=O)Nc1cccc(/C=C/C(=O)O)c1. The van der Waals surface area contributed by atoms with Gasteiger partial charge in [0.25, 0.3) is 0 Å². The van der Waals surface area contributed by atoms with Crippen molar-refractivity contribution in [3.63, 3.8) is 0 Å². The second-order valence-corrected chi connectivity index (χ2v) is 3.57. The van der Waals surface area contributed by atoms with E-state index in [9.17, 15) is 9.59 Å². The Morgan fingerprint density at radius 2 is 2.18 bits per heavy atom. The quantitative estimate of drug-likeness (QED) is 0.679. The number of benzene rings is 1. The van der Waals surface area contributed by atoms with Crippen molar-refractivity contribution in [3.05, 3.63) is 35.9 Å². The van der Waals surface area contributed by atoms with Crippen LogP contribution >= 0.6 is 0 Å². The summed E-state index contributed by atoms with van der Waals surface area (Å²) in [4.78, 5) is 21.7. The summed E-state index contributed by atoms with van der Waals surface area (Å²) < 4.78 is 0. The number of hydrogen-bond donors (Lipinski definition) is 3. The van der Waals surface area contributed by atoms with Crippen LogP contribution in [0.5, 0.6) is 0 Å². The molecule has 1 atom stereocenters. The molecule has 0 aliphatic carbocycles. The van der Waals surface area contributed by atoms with Gasteiger partial charge in [-0.3, -0.25) is 4.79 Å². The predicted molar refractivity (Wildman–Crippen MR) is 65.4 cm³/mol. The van der Waals surface area contributed by atoms with Crippen LogP contribution in [0.25, 0.3) is 6.08 Å². The largest absolute Gasteiger partial charge is 0.478 e. The molecule has 0 aliphatic heterocycles. The maximum atomic E-state index is 11.3. The van der Waals surface area contributed by atoms with Gasteiger partial charge in [-0.05, 0) is 30.7 Å². The number of carbonyl (C=O) groups is 2. The van der Waals surface area contributed by atoms with Crippen molar-refractivity contribution >= 4 is 23.6 Å². The smallest absolute Gasteiger partial charge is 0.328 e. The van der Waals surface area contributed by atoms with E-state index >= 15 is 0 Å². The molecule has 0 bridgehead atoms. The summed E-state index contributed by atoms with van der Waals surface area (Å²) in [5, 5.41) is 11.1. The average Bonchev–Trinajstić information content (AvgIpc) is 2.26. The van der Waals surface area contributed by atoms with Crippen molar-refractivity contribution in [2.45, 2.75) is 13.0 Å². The number of rotatable bonds is 4. The Labute approximate surface area is 98.9 Å². The summed E-state index contributed by atoms with van der Waals surface area (Å²) in [7, 11) is 0. The van der Waals surface area contributed by atoms with Crippen LogP contribution in [0.15, 0.2) is 30.3 Å². The number of carboxylic acids is 1. The fraction of sp³-hybridized carbons (Fsp3) is 0.167. The summed E-state index contributed by atoms with van der Waals surface area (Å²) in [5.41, 5.74) is 6.69. The van der Waals surface area contributed by atoms with E-state index in [0.29, 0.717) is 11.3 Å². The number of carboxylic acid groups (broad SMARTS) is 1. The molecule has 0 aromatic heterocycles. The molecular formula is C12H14N2O3. The van der Waals surface area contributed by atoms with Gasteiger partial charge in [0.1, 0.15) is 0 Å². The minimum atomic E-state index is -1.02. The van der Waals surface area contributed by atoms with Gasteiger partial charge in [-0.2, -0.15) is 0 Å². The fourth-order valence-electron chi connectivity index (χ4n) is 1.14. The zero-order valence-corrected chi connectivity index (χ0v) is 9.38. The first-order chi connectivity index (χ1) is 7.99. The minimum absolute atomic E-state index is 0.288. The van der Waals surface area contributed by atoms with Gasteiger partial charge < -0.3 is 16.2 Å². The van der Waals surface area contributed by atoms with Gasteiger partial charge >= 0.3 is 5.97 Å². The highest BCUT2D eigenvalue weighted by Crippen LogP contribution is 2.12. The Hall–Kier alpha value is -2.14. The molecule has 1 aromatic rings. The normalized spacial score (nSPS) is 12.4. The maximum Gasteiger partial charge on any atom is 0.328 e. The zero-order chi connectivity index (χ0) is 12.8. The molecule has 0 saturated heterocycles. The van der Waals surface area contributed by atoms with E-state index in [1.165, 1.54) is 6.08 Å². The third-order valence-electron chi connectivity index (χ3n) is 1.99. The van der Waals surface area contributed by atoms with E-state index in [1.54, 1.807) is 31.2 Å². The van der Waals surface area contributed by atoms with E-state index in [0.717, 1.165) is 6.08 Å². The third-order valence-corrected chi connectivity index (χ3v) is 1.99. The van der Waals surface area contributed by atoms with Gasteiger partial charge in [0.15, 0.2) is 0 Å². The Balaban J connectivity index is 2.79. The van der Waals surface area contributed by atoms with E-state index in [2.05, 4.69) is 5.32 Å². The lowest BCUT2D eigenvalue weighted by molar-refractivity contribution is -0.131. The topological polar surface area (TPSA) is 92.4 Å². The Morgan fingerprint density at radius 3 is 2.76 bits per heavy atom. The number of nitrogens with one attached hydrogen (secondary N) is 1. The lowest BCUT2D eigenvalue weighted by Gasteiger charge is -2.07. The average molecular weight is 234 g/mol. The van der Waals surface area contributed by atoms with E-state index < -0.39 is 12.0 Å². The Kier molecular flexibility index (Phi) is 4.42. The second kappa shape index (κ2) is 5.81. The van der Waals surface area contributed by atoms with Crippen LogP contribution < -0.4 is 11.1 Å². The molecule has 0 unspecified atom stereocenters. The summed E-state index contributed by atoms with van der Waals surface area (Å²) in [6, 6.07) is 6.24. The van der Waals surface area contributed by atoms with Crippen molar-refractivity contribution < 1.29 is 14.7 Å². The molecule has 1 aromatic carbocycles. The van der Waals surface area contributed by atoms with E-state index in [-0.39, 0.29) is 5.91 Å². The highest BCUT2D eigenvalue weighted by Gasteiger charge is 2.06. The number of carbonyl (C=O) groups excluding carboxylic acids is 1. The molecule has 0 aliphatic rings. The van der Waals surface area contributed by atoms with E-state index in [1.807, 2.05) is 0 Å². The summed E-state index contributed by atoms with van der Waals surface area (Å²) in [6.07, 6.45) is 2.48. The molecule has 17 heavy (non-hydrogen) atoms. The number of amides is 1. The number of hydrogen-bond acceptors (Lipinski definition) is 3. The van der Waals surface area contributed by atoms with Gasteiger partial charge in [-0.15, -0.1) is 0 Å². The zero-order valence-electron chi connectivity index (χ0n) is 9.38. The number of nitrogens with two attached hydrogens (primary N) is 1. The van der Waals surface area contributed by atoms with Crippen LogP contribution in [0.1, 0.15) is 12.5 Å². The Bertz CT molecular complexity index is 453. The molecule has 0 spiro atoms. The molecule has 1 rings (SSSR count). The van der Waals surface area contributed by atoms with Crippen LogP contribution in [0.4, 0.5) is 5.69 Å². The second-order valence-electron chi connectivity index (χ2n) is 3.57. The summed E-state index contributed by atoms with van der Waals surface area (Å²) >= 11 is 0. The van der Waals surface area contributed by atoms with Crippen molar-refractivity contribution in [1.82, 2.24) is 0 Å². The molecule has 4 N–H and O–H groups in total. The molecule has 1 amide bonds. The molecule has 0 radical (unpaired) electrons. The van der Waals surface area contributed by atoms with Gasteiger partial charge in [0.05, 0.1) is 6.04 Å². The number of anilines is 1. The maximum absolute atomic E-state index is 11.3. The monoisotopic (exact) mass is 234 g/mol. The van der Waals surface area contributed by atoms with Gasteiger partial charge in [-0.1, -0.05) is 12.1 Å². The molecule has 0 fully saturated rings. The minimum Gasteiger partial charge on any atom is -0.478 e. The molecular weight excluding hydrogens is 220 g/mol. The Morgan fingerprint density at radius 1 is 1.47 bits per heavy atom. The third kappa shape index (κ3) is 4.48. The predicted octanol–water partition coefficient (Wildman–Crippen LogP) is 1.07. The van der Waals surface area contributed by atoms with Crippen LogP contribution in [0.2, 0.25) is 0 Å². The molecule has 5 nitrogen and oxygen atoms in total. The first kappa shape index (κ1) is 12.9. The standard InChI is InChI=1S/C12H14N2O3/c1-8(13)12(17)14-10-4-2-3-9(7-10)5-6-11(15)16/h2-8H,13H2,1H3,(H,14,17)(H,15,16)/b6-5+/t8-/m1/s1. The highest BCUT2D eigenvalue weighted by molar-refractivity contribution is 5.94. The first-order valence-corrected chi connectivity index (χ1v) is 5.06. The highest BCUT2D eigenvalue weighted by atomic mass is 16.4. The van der Waals surface area contributed by atoms with Crippen LogP contribution in [0.3, 0.4) is 0 Å². The molecule has 5 heteroatoms. The van der Waals surface area contributed by atoms with Crippen molar-refractivity contribution in [2.75, 3.05) is 5.32 Å². The summed E-state index contributed by atoms with van der Waals surface area (Å²) in [6.45, 7) is 1.59. The van der Waals surface area contributed by atoms with Crippen LogP contribution in [-0.4, -0.2) is 23.0 Å². The fourth-order valence-corrected chi connectivity index (χ4v) is 1.14. The van der Waals surface area contributed by atoms with Crippen molar-refractivity contribution in [2.24, 2.45) is 5.73 Å². The van der Waals surface area contributed by atoms with Crippen LogP contribution in [-0.2, 0) is 9.59 Å². The van der Waals surface area contributed by atoms with E-state index in [4.69, 9.17) is 10.8 Å². The van der Waals surface area contributed by atoms with Crippen molar-refractivity contribution in [1.29, 1.82) is 0 Å². The molecule has 90 valence electrons. The van der Waals surface area contributed by atoms with Crippen molar-refractivity contribution in [3.8, 4) is 0 Å². The summed E-state index contributed by atoms with van der Waals surface area (Å²) in [5.74, 6) is -1.31. The molecule has 0 saturated carbocycles. The first-order valence-electron chi connectivity index (χ1n) is 5.06. The molecule has 0 heterocycles. The van der Waals surface area contributed by atoms with Crippen LogP contribution in [0, 0.1) is 0 Å².